The summed E-state index contributed by atoms with van der Waals surface area (Å²) in [6, 6.07) is 6.60. The Kier molecular flexibility index (Phi) is 6.61. The summed E-state index contributed by atoms with van der Waals surface area (Å²) < 4.78 is 5.01. The van der Waals surface area contributed by atoms with E-state index in [1.807, 2.05) is 13.8 Å². The Hall–Kier alpha value is -2.15. The maximum Gasteiger partial charge on any atom is 0.269 e. The molecule has 0 aliphatic heterocycles. The zero-order valence-electron chi connectivity index (χ0n) is 12.2. The SMILES string of the molecule is COc1ccc(C(=O)NNC(=S)NC(=O)CC(C)C)cc1. The van der Waals surface area contributed by atoms with Crippen molar-refractivity contribution in [2.24, 2.45) is 5.92 Å². The molecule has 0 radical (unpaired) electrons. The number of hydrazine groups is 1. The van der Waals surface area contributed by atoms with Crippen LogP contribution >= 0.6 is 12.2 Å². The second-order valence-electron chi connectivity index (χ2n) is 4.78. The quantitative estimate of drug-likeness (QED) is 0.578. The highest BCUT2D eigenvalue weighted by Crippen LogP contribution is 2.10. The lowest BCUT2D eigenvalue weighted by molar-refractivity contribution is -0.120. The maximum absolute atomic E-state index is 11.8. The summed E-state index contributed by atoms with van der Waals surface area (Å²) in [6.07, 6.45) is 0.369. The van der Waals surface area contributed by atoms with Crippen LogP contribution in [-0.4, -0.2) is 24.0 Å². The lowest BCUT2D eigenvalue weighted by Crippen LogP contribution is -2.48. The highest BCUT2D eigenvalue weighted by Gasteiger charge is 2.09. The molecule has 21 heavy (non-hydrogen) atoms. The average molecular weight is 309 g/mol. The molecule has 3 N–H and O–H groups in total. The number of benzene rings is 1. The summed E-state index contributed by atoms with van der Waals surface area (Å²) in [4.78, 5) is 23.3. The molecule has 0 fully saturated rings. The Morgan fingerprint density at radius 1 is 1.19 bits per heavy atom. The van der Waals surface area contributed by atoms with Crippen LogP contribution in [0.5, 0.6) is 5.75 Å². The third-order valence-electron chi connectivity index (χ3n) is 2.49. The van der Waals surface area contributed by atoms with Gasteiger partial charge in [-0.15, -0.1) is 0 Å². The molecule has 0 unspecified atom stereocenters. The van der Waals surface area contributed by atoms with Gasteiger partial charge in [-0.25, -0.2) is 0 Å². The first-order valence-corrected chi connectivity index (χ1v) is 6.87. The zero-order chi connectivity index (χ0) is 15.8. The molecule has 0 bridgehead atoms. The van der Waals surface area contributed by atoms with E-state index in [2.05, 4.69) is 16.2 Å². The summed E-state index contributed by atoms with van der Waals surface area (Å²) in [5.74, 6) is 0.344. The van der Waals surface area contributed by atoms with Gasteiger partial charge < -0.3 is 10.1 Å². The number of rotatable bonds is 4. The fraction of sp³-hybridized carbons (Fsp3) is 0.357. The van der Waals surface area contributed by atoms with E-state index >= 15 is 0 Å². The molecule has 0 saturated heterocycles. The molecule has 2 amide bonds. The number of hydrogen-bond donors (Lipinski definition) is 3. The number of amides is 2. The monoisotopic (exact) mass is 309 g/mol. The zero-order valence-corrected chi connectivity index (χ0v) is 13.0. The molecule has 0 saturated carbocycles. The highest BCUT2D eigenvalue weighted by molar-refractivity contribution is 7.80. The van der Waals surface area contributed by atoms with Crippen LogP contribution in [0.25, 0.3) is 0 Å². The molecule has 114 valence electrons. The Balaban J connectivity index is 2.41. The molecular weight excluding hydrogens is 290 g/mol. The smallest absolute Gasteiger partial charge is 0.269 e. The molecule has 1 aromatic rings. The Morgan fingerprint density at radius 3 is 2.33 bits per heavy atom. The van der Waals surface area contributed by atoms with E-state index in [1.165, 1.54) is 0 Å². The van der Waals surface area contributed by atoms with Crippen molar-refractivity contribution in [2.75, 3.05) is 7.11 Å². The molecule has 7 heteroatoms. The van der Waals surface area contributed by atoms with Crippen molar-refractivity contribution in [2.45, 2.75) is 20.3 Å². The van der Waals surface area contributed by atoms with Crippen LogP contribution in [0.3, 0.4) is 0 Å². The van der Waals surface area contributed by atoms with Crippen LogP contribution in [0.1, 0.15) is 30.6 Å². The highest BCUT2D eigenvalue weighted by atomic mass is 32.1. The second-order valence-corrected chi connectivity index (χ2v) is 5.19. The van der Waals surface area contributed by atoms with Gasteiger partial charge >= 0.3 is 0 Å². The predicted octanol–water partition coefficient (Wildman–Crippen LogP) is 1.38. The van der Waals surface area contributed by atoms with Gasteiger partial charge in [-0.2, -0.15) is 0 Å². The van der Waals surface area contributed by atoms with Crippen LogP contribution < -0.4 is 20.9 Å². The molecule has 0 aromatic heterocycles. The summed E-state index contributed by atoms with van der Waals surface area (Å²) in [5, 5.41) is 2.54. The van der Waals surface area contributed by atoms with Gasteiger partial charge in [-0.3, -0.25) is 20.4 Å². The van der Waals surface area contributed by atoms with Gasteiger partial charge in [-0.1, -0.05) is 13.8 Å². The topological polar surface area (TPSA) is 79.5 Å². The van der Waals surface area contributed by atoms with Crippen LogP contribution in [-0.2, 0) is 4.79 Å². The van der Waals surface area contributed by atoms with E-state index in [-0.39, 0.29) is 22.8 Å². The van der Waals surface area contributed by atoms with Crippen molar-refractivity contribution in [1.82, 2.24) is 16.2 Å². The average Bonchev–Trinajstić information content (AvgIpc) is 2.43. The number of thiocarbonyl (C=S) groups is 1. The lowest BCUT2D eigenvalue weighted by atomic mass is 10.1. The molecule has 1 rings (SSSR count). The number of nitrogens with one attached hydrogen (secondary N) is 3. The normalized spacial score (nSPS) is 9.90. The standard InChI is InChI=1S/C14H19N3O3S/c1-9(2)8-12(18)15-14(21)17-16-13(19)10-4-6-11(20-3)7-5-10/h4-7,9H,8H2,1-3H3,(H,16,19)(H2,15,17,18,21). The molecule has 0 aliphatic carbocycles. The van der Waals surface area contributed by atoms with Gasteiger partial charge in [0, 0.05) is 12.0 Å². The Bertz CT molecular complexity index is 515. The second kappa shape index (κ2) is 8.21. The number of carbonyl (C=O) groups excluding carboxylic acids is 2. The van der Waals surface area contributed by atoms with E-state index < -0.39 is 0 Å². The molecule has 0 heterocycles. The van der Waals surface area contributed by atoms with Crippen molar-refractivity contribution in [3.8, 4) is 5.75 Å². The van der Waals surface area contributed by atoms with Gasteiger partial charge in [-0.05, 0) is 42.4 Å². The van der Waals surface area contributed by atoms with E-state index in [9.17, 15) is 9.59 Å². The van der Waals surface area contributed by atoms with Crippen molar-refractivity contribution in [1.29, 1.82) is 0 Å². The van der Waals surface area contributed by atoms with Gasteiger partial charge in [0.25, 0.3) is 5.91 Å². The molecule has 1 aromatic carbocycles. The summed E-state index contributed by atoms with van der Waals surface area (Å²) >= 11 is 4.91. The predicted molar refractivity (Wildman–Crippen MR) is 83.8 cm³/mol. The Labute approximate surface area is 129 Å². The third kappa shape index (κ3) is 6.22. The first-order chi connectivity index (χ1) is 9.92. The number of ether oxygens (including phenoxy) is 1. The first kappa shape index (κ1) is 16.9. The van der Waals surface area contributed by atoms with Crippen LogP contribution in [0.2, 0.25) is 0 Å². The van der Waals surface area contributed by atoms with Gasteiger partial charge in [0.2, 0.25) is 5.91 Å². The van der Waals surface area contributed by atoms with E-state index in [0.717, 1.165) is 0 Å². The van der Waals surface area contributed by atoms with Gasteiger partial charge in [0.15, 0.2) is 5.11 Å². The van der Waals surface area contributed by atoms with Crippen LogP contribution in [0.4, 0.5) is 0 Å². The number of methoxy groups -OCH3 is 1. The van der Waals surface area contributed by atoms with Crippen LogP contribution in [0.15, 0.2) is 24.3 Å². The summed E-state index contributed by atoms with van der Waals surface area (Å²) in [6.45, 7) is 3.86. The summed E-state index contributed by atoms with van der Waals surface area (Å²) in [7, 11) is 1.55. The van der Waals surface area contributed by atoms with E-state index in [1.54, 1.807) is 31.4 Å². The molecule has 0 atom stereocenters. The van der Waals surface area contributed by atoms with Gasteiger partial charge in [0.1, 0.15) is 5.75 Å². The van der Waals surface area contributed by atoms with Crippen molar-refractivity contribution in [3.63, 3.8) is 0 Å². The fourth-order valence-corrected chi connectivity index (χ4v) is 1.67. The molecule has 0 aliphatic rings. The lowest BCUT2D eigenvalue weighted by Gasteiger charge is -2.11. The minimum absolute atomic E-state index is 0.0579. The maximum atomic E-state index is 11.8. The minimum Gasteiger partial charge on any atom is -0.497 e. The molecule has 0 spiro atoms. The first-order valence-electron chi connectivity index (χ1n) is 6.46. The number of carbonyl (C=O) groups is 2. The van der Waals surface area contributed by atoms with Crippen molar-refractivity contribution >= 4 is 29.1 Å². The molecular formula is C14H19N3O3S. The third-order valence-corrected chi connectivity index (χ3v) is 2.69. The van der Waals surface area contributed by atoms with Gasteiger partial charge in [0.05, 0.1) is 7.11 Å². The Morgan fingerprint density at radius 2 is 1.81 bits per heavy atom. The number of hydrogen-bond acceptors (Lipinski definition) is 4. The van der Waals surface area contributed by atoms with Crippen LogP contribution in [0, 0.1) is 5.92 Å². The summed E-state index contributed by atoms with van der Waals surface area (Å²) in [5.41, 5.74) is 5.34. The van der Waals surface area contributed by atoms with E-state index in [0.29, 0.717) is 17.7 Å². The molecule has 6 nitrogen and oxygen atoms in total. The fourth-order valence-electron chi connectivity index (χ4n) is 1.51. The minimum atomic E-state index is -0.363. The largest absolute Gasteiger partial charge is 0.497 e. The van der Waals surface area contributed by atoms with E-state index in [4.69, 9.17) is 17.0 Å². The van der Waals surface area contributed by atoms with Crippen molar-refractivity contribution in [3.05, 3.63) is 29.8 Å². The van der Waals surface area contributed by atoms with Crippen molar-refractivity contribution < 1.29 is 14.3 Å².